The van der Waals surface area contributed by atoms with Crippen LogP contribution in [0.5, 0.6) is 5.75 Å². The lowest BCUT2D eigenvalue weighted by molar-refractivity contribution is 0.0818. The van der Waals surface area contributed by atoms with Gasteiger partial charge < -0.3 is 15.0 Å². The number of ether oxygens (including phenoxy) is 1. The fourth-order valence-electron chi connectivity index (χ4n) is 2.71. The van der Waals surface area contributed by atoms with Gasteiger partial charge in [-0.15, -0.1) is 0 Å². The minimum Gasteiger partial charge on any atom is -0.488 e. The maximum Gasteiger partial charge on any atom is 0.272 e. The van der Waals surface area contributed by atoms with Crippen molar-refractivity contribution >= 4 is 5.96 Å². The minimum absolute atomic E-state index is 0.306. The number of hydrogen-bond acceptors (Lipinski definition) is 2. The Hall–Kier alpha value is -1.85. The van der Waals surface area contributed by atoms with E-state index in [1.165, 1.54) is 0 Å². The molecular formula is C17H25F2N3O. The van der Waals surface area contributed by atoms with E-state index in [0.717, 1.165) is 31.0 Å². The third-order valence-electron chi connectivity index (χ3n) is 3.91. The van der Waals surface area contributed by atoms with Crippen LogP contribution >= 0.6 is 0 Å². The zero-order chi connectivity index (χ0) is 16.9. The lowest BCUT2D eigenvalue weighted by Gasteiger charge is -2.23. The first-order valence-corrected chi connectivity index (χ1v) is 7.85. The van der Waals surface area contributed by atoms with Gasteiger partial charge in [-0.1, -0.05) is 26.0 Å². The SMILES string of the molecule is CN=C(NCc1cccc(OCC(F)F)c1)N1CCC(C)(C)C1. The van der Waals surface area contributed by atoms with Gasteiger partial charge in [-0.3, -0.25) is 4.99 Å². The monoisotopic (exact) mass is 325 g/mol. The molecule has 0 aliphatic carbocycles. The van der Waals surface area contributed by atoms with Crippen molar-refractivity contribution in [2.24, 2.45) is 10.4 Å². The first kappa shape index (κ1) is 17.5. The zero-order valence-corrected chi connectivity index (χ0v) is 14.0. The molecule has 1 aliphatic rings. The van der Waals surface area contributed by atoms with E-state index in [0.29, 0.717) is 17.7 Å². The number of alkyl halides is 2. The molecule has 1 aliphatic heterocycles. The van der Waals surface area contributed by atoms with Gasteiger partial charge in [0.15, 0.2) is 5.96 Å². The van der Waals surface area contributed by atoms with Crippen LogP contribution in [0.4, 0.5) is 8.78 Å². The Balaban J connectivity index is 1.90. The van der Waals surface area contributed by atoms with Crippen molar-refractivity contribution in [1.82, 2.24) is 10.2 Å². The minimum atomic E-state index is -2.46. The Morgan fingerprint density at radius 2 is 2.22 bits per heavy atom. The Morgan fingerprint density at radius 3 is 2.83 bits per heavy atom. The summed E-state index contributed by atoms with van der Waals surface area (Å²) >= 11 is 0. The maximum atomic E-state index is 12.2. The van der Waals surface area contributed by atoms with E-state index in [9.17, 15) is 8.78 Å². The highest BCUT2D eigenvalue weighted by molar-refractivity contribution is 5.80. The number of rotatable bonds is 5. The summed E-state index contributed by atoms with van der Waals surface area (Å²) in [5.41, 5.74) is 1.28. The zero-order valence-electron chi connectivity index (χ0n) is 14.0. The van der Waals surface area contributed by atoms with Gasteiger partial charge in [0.05, 0.1) is 0 Å². The largest absolute Gasteiger partial charge is 0.488 e. The third kappa shape index (κ3) is 5.37. The molecule has 1 heterocycles. The molecule has 0 aromatic heterocycles. The van der Waals surface area contributed by atoms with Crippen molar-refractivity contribution in [1.29, 1.82) is 0 Å². The number of aliphatic imine (C=N–C) groups is 1. The molecule has 1 saturated heterocycles. The van der Waals surface area contributed by atoms with Crippen molar-refractivity contribution < 1.29 is 13.5 Å². The Labute approximate surface area is 136 Å². The smallest absolute Gasteiger partial charge is 0.272 e. The quantitative estimate of drug-likeness (QED) is 0.667. The highest BCUT2D eigenvalue weighted by Gasteiger charge is 2.30. The molecule has 2 rings (SSSR count). The number of likely N-dealkylation sites (tertiary alicyclic amines) is 1. The number of benzene rings is 1. The Bertz CT molecular complexity index is 546. The molecular weight excluding hydrogens is 300 g/mol. The summed E-state index contributed by atoms with van der Waals surface area (Å²) in [6.07, 6.45) is -1.32. The van der Waals surface area contributed by atoms with Crippen LogP contribution in [0.15, 0.2) is 29.3 Å². The highest BCUT2D eigenvalue weighted by Crippen LogP contribution is 2.28. The number of nitrogens with zero attached hydrogens (tertiary/aromatic N) is 2. The van der Waals surface area contributed by atoms with Crippen LogP contribution in [0.2, 0.25) is 0 Å². The van der Waals surface area contributed by atoms with Gasteiger partial charge in [0.25, 0.3) is 6.43 Å². The summed E-state index contributed by atoms with van der Waals surface area (Å²) in [5.74, 6) is 1.33. The molecule has 4 nitrogen and oxygen atoms in total. The van der Waals surface area contributed by atoms with Crippen molar-refractivity contribution in [3.8, 4) is 5.75 Å². The number of hydrogen-bond donors (Lipinski definition) is 1. The van der Waals surface area contributed by atoms with Gasteiger partial charge in [0.1, 0.15) is 12.4 Å². The van der Waals surface area contributed by atoms with Crippen molar-refractivity contribution in [3.63, 3.8) is 0 Å². The highest BCUT2D eigenvalue weighted by atomic mass is 19.3. The van der Waals surface area contributed by atoms with Crippen LogP contribution in [-0.2, 0) is 6.54 Å². The van der Waals surface area contributed by atoms with Crippen LogP contribution < -0.4 is 10.1 Å². The average Bonchev–Trinajstić information content (AvgIpc) is 2.86. The Morgan fingerprint density at radius 1 is 1.43 bits per heavy atom. The fourth-order valence-corrected chi connectivity index (χ4v) is 2.71. The molecule has 0 unspecified atom stereocenters. The lowest BCUT2D eigenvalue weighted by atomic mass is 9.93. The molecule has 0 atom stereocenters. The summed E-state index contributed by atoms with van der Waals surface area (Å²) in [5, 5.41) is 3.33. The maximum absolute atomic E-state index is 12.2. The Kier molecular flexibility index (Phi) is 5.80. The molecule has 0 bridgehead atoms. The van der Waals surface area contributed by atoms with E-state index in [1.54, 1.807) is 25.2 Å². The van der Waals surface area contributed by atoms with Gasteiger partial charge in [-0.25, -0.2) is 8.78 Å². The van der Waals surface area contributed by atoms with E-state index in [2.05, 4.69) is 29.1 Å². The van der Waals surface area contributed by atoms with Crippen LogP contribution in [0.3, 0.4) is 0 Å². The van der Waals surface area contributed by atoms with Crippen LogP contribution in [0, 0.1) is 5.41 Å². The van der Waals surface area contributed by atoms with Crippen LogP contribution in [0.1, 0.15) is 25.8 Å². The lowest BCUT2D eigenvalue weighted by Crippen LogP contribution is -2.40. The predicted molar refractivity (Wildman–Crippen MR) is 88.1 cm³/mol. The second-order valence-corrected chi connectivity index (χ2v) is 6.59. The molecule has 23 heavy (non-hydrogen) atoms. The van der Waals surface area contributed by atoms with E-state index in [-0.39, 0.29) is 0 Å². The van der Waals surface area contributed by atoms with Crippen molar-refractivity contribution in [2.45, 2.75) is 33.2 Å². The predicted octanol–water partition coefficient (Wildman–Crippen LogP) is 3.14. The standard InChI is InChI=1S/C17H25F2N3O/c1-17(2)7-8-22(12-17)16(20-3)21-10-13-5-4-6-14(9-13)23-11-15(18)19/h4-6,9,15H,7-8,10-12H2,1-3H3,(H,20,21). The summed E-state index contributed by atoms with van der Waals surface area (Å²) in [6, 6.07) is 7.20. The van der Waals surface area contributed by atoms with Crippen LogP contribution in [0.25, 0.3) is 0 Å². The second-order valence-electron chi connectivity index (χ2n) is 6.59. The molecule has 1 N–H and O–H groups in total. The first-order chi connectivity index (χ1) is 10.9. The molecule has 128 valence electrons. The van der Waals surface area contributed by atoms with Gasteiger partial charge in [0.2, 0.25) is 0 Å². The summed E-state index contributed by atoms with van der Waals surface area (Å²) < 4.78 is 29.4. The molecule has 0 spiro atoms. The normalized spacial score (nSPS) is 17.7. The average molecular weight is 325 g/mol. The summed E-state index contributed by atoms with van der Waals surface area (Å²) in [4.78, 5) is 6.58. The summed E-state index contributed by atoms with van der Waals surface area (Å²) in [7, 11) is 1.77. The van der Waals surface area contributed by atoms with Gasteiger partial charge >= 0.3 is 0 Å². The first-order valence-electron chi connectivity index (χ1n) is 7.85. The third-order valence-corrected chi connectivity index (χ3v) is 3.91. The number of nitrogens with one attached hydrogen (secondary N) is 1. The topological polar surface area (TPSA) is 36.9 Å². The molecule has 0 saturated carbocycles. The summed E-state index contributed by atoms with van der Waals surface area (Å²) in [6.45, 7) is 6.47. The number of guanidine groups is 1. The van der Waals surface area contributed by atoms with E-state index in [1.807, 2.05) is 6.07 Å². The van der Waals surface area contributed by atoms with E-state index >= 15 is 0 Å². The fraction of sp³-hybridized carbons (Fsp3) is 0.588. The van der Waals surface area contributed by atoms with E-state index in [4.69, 9.17) is 4.74 Å². The molecule has 6 heteroatoms. The van der Waals surface area contributed by atoms with E-state index < -0.39 is 13.0 Å². The molecule has 1 aromatic rings. The molecule has 0 amide bonds. The van der Waals surface area contributed by atoms with Gasteiger partial charge in [-0.05, 0) is 29.5 Å². The van der Waals surface area contributed by atoms with Crippen molar-refractivity contribution in [3.05, 3.63) is 29.8 Å². The second kappa shape index (κ2) is 7.62. The number of halogens is 2. The molecule has 1 aromatic carbocycles. The van der Waals surface area contributed by atoms with Gasteiger partial charge in [0, 0.05) is 26.7 Å². The molecule has 0 radical (unpaired) electrons. The molecule has 1 fully saturated rings. The van der Waals surface area contributed by atoms with Gasteiger partial charge in [-0.2, -0.15) is 0 Å². The van der Waals surface area contributed by atoms with Crippen LogP contribution in [-0.4, -0.2) is 44.0 Å². The van der Waals surface area contributed by atoms with Crippen molar-refractivity contribution in [2.75, 3.05) is 26.7 Å².